The lowest BCUT2D eigenvalue weighted by atomic mass is 9.86. The van der Waals surface area contributed by atoms with E-state index in [-0.39, 0.29) is 10.6 Å². The highest BCUT2D eigenvalue weighted by atomic mass is 16.6. The van der Waals surface area contributed by atoms with Crippen LogP contribution in [0.1, 0.15) is 32.6 Å². The molecule has 1 saturated carbocycles. The van der Waals surface area contributed by atoms with E-state index in [9.17, 15) is 10.1 Å². The van der Waals surface area contributed by atoms with Crippen LogP contribution in [0, 0.1) is 16.0 Å². The fourth-order valence-corrected chi connectivity index (χ4v) is 2.95. The van der Waals surface area contributed by atoms with E-state index in [1.165, 1.54) is 25.5 Å². The zero-order valence-electron chi connectivity index (χ0n) is 11.5. The summed E-state index contributed by atoms with van der Waals surface area (Å²) < 4.78 is 1.56. The second kappa shape index (κ2) is 5.11. The molecule has 1 aliphatic rings. The smallest absolute Gasteiger partial charge is 0.289 e. The lowest BCUT2D eigenvalue weighted by molar-refractivity contribution is -0.384. The fourth-order valence-electron chi connectivity index (χ4n) is 2.95. The second-order valence-electron chi connectivity index (χ2n) is 5.54. The predicted molar refractivity (Wildman–Crippen MR) is 76.9 cm³/mol. The molecular weight excluding hydrogens is 256 g/mol. The molecule has 3 rings (SSSR count). The van der Waals surface area contributed by atoms with Gasteiger partial charge in [0, 0.05) is 18.3 Å². The van der Waals surface area contributed by atoms with Gasteiger partial charge in [0.2, 0.25) is 0 Å². The van der Waals surface area contributed by atoms with Crippen molar-refractivity contribution < 1.29 is 4.92 Å². The van der Waals surface area contributed by atoms with Crippen LogP contribution >= 0.6 is 0 Å². The lowest BCUT2D eigenvalue weighted by Gasteiger charge is -2.30. The second-order valence-corrected chi connectivity index (χ2v) is 5.54. The van der Waals surface area contributed by atoms with Crippen molar-refractivity contribution in [1.82, 2.24) is 9.61 Å². The molecule has 6 nitrogen and oxygen atoms in total. The molecule has 1 N–H and O–H groups in total. The normalized spacial score (nSPS) is 22.9. The molecule has 0 amide bonds. The Hall–Kier alpha value is -2.11. The van der Waals surface area contributed by atoms with Gasteiger partial charge in [0.15, 0.2) is 0 Å². The van der Waals surface area contributed by atoms with E-state index in [0.29, 0.717) is 12.0 Å². The van der Waals surface area contributed by atoms with Gasteiger partial charge in [0.05, 0.1) is 16.1 Å². The van der Waals surface area contributed by atoms with Crippen molar-refractivity contribution >= 4 is 16.9 Å². The number of hydrogen-bond acceptors (Lipinski definition) is 4. The Morgan fingerprint density at radius 3 is 3.00 bits per heavy atom. The minimum absolute atomic E-state index is 0.0726. The fraction of sp³-hybridized carbons (Fsp3) is 0.500. The van der Waals surface area contributed by atoms with Gasteiger partial charge in [0.1, 0.15) is 6.20 Å². The van der Waals surface area contributed by atoms with Crippen molar-refractivity contribution in [3.63, 3.8) is 0 Å². The van der Waals surface area contributed by atoms with Crippen LogP contribution in [0.15, 0.2) is 24.5 Å². The van der Waals surface area contributed by atoms with Crippen LogP contribution in [0.2, 0.25) is 0 Å². The highest BCUT2D eigenvalue weighted by Crippen LogP contribution is 2.29. The topological polar surface area (TPSA) is 72.5 Å². The first kappa shape index (κ1) is 12.9. The Morgan fingerprint density at radius 1 is 1.45 bits per heavy atom. The minimum atomic E-state index is -0.387. The van der Waals surface area contributed by atoms with Gasteiger partial charge in [0.25, 0.3) is 5.69 Å². The first-order chi connectivity index (χ1) is 9.65. The number of rotatable bonds is 3. The molecule has 0 spiro atoms. The van der Waals surface area contributed by atoms with Crippen LogP contribution in [0.25, 0.3) is 5.52 Å². The minimum Gasteiger partial charge on any atom is -0.380 e. The number of nitro groups is 1. The molecule has 0 bridgehead atoms. The highest BCUT2D eigenvalue weighted by molar-refractivity contribution is 5.74. The molecule has 2 aromatic heterocycles. The number of nitrogens with zero attached hydrogens (tertiary/aromatic N) is 3. The summed E-state index contributed by atoms with van der Waals surface area (Å²) in [6.45, 7) is 2.26. The average molecular weight is 274 g/mol. The first-order valence-electron chi connectivity index (χ1n) is 7.03. The van der Waals surface area contributed by atoms with Crippen molar-refractivity contribution in [3.8, 4) is 0 Å². The monoisotopic (exact) mass is 274 g/mol. The SMILES string of the molecule is C[C@H]1CCCC[C@H]1Nc1ccnn2cc([N+](=O)[O-])cc12. The van der Waals surface area contributed by atoms with Crippen LogP contribution < -0.4 is 5.32 Å². The van der Waals surface area contributed by atoms with E-state index in [1.807, 2.05) is 6.07 Å². The Bertz CT molecular complexity index is 637. The Morgan fingerprint density at radius 2 is 2.25 bits per heavy atom. The molecular formula is C14H18N4O2. The third-order valence-corrected chi connectivity index (χ3v) is 4.16. The lowest BCUT2D eigenvalue weighted by Crippen LogP contribution is -2.30. The van der Waals surface area contributed by atoms with Gasteiger partial charge in [-0.05, 0) is 24.8 Å². The number of aromatic nitrogens is 2. The molecule has 2 heterocycles. The standard InChI is InChI=1S/C14H18N4O2/c1-10-4-2-3-5-12(10)16-13-6-7-15-17-9-11(18(19)20)8-14(13)17/h6-10,12,16H,2-5H2,1H3/t10-,12+/m0/s1. The Kier molecular flexibility index (Phi) is 3.30. The van der Waals surface area contributed by atoms with Crippen LogP contribution in [0.3, 0.4) is 0 Å². The third kappa shape index (κ3) is 2.33. The number of hydrogen-bond donors (Lipinski definition) is 1. The van der Waals surface area contributed by atoms with Crippen LogP contribution in [-0.4, -0.2) is 20.6 Å². The molecule has 2 atom stereocenters. The maximum absolute atomic E-state index is 10.9. The average Bonchev–Trinajstić information content (AvgIpc) is 2.86. The van der Waals surface area contributed by atoms with Crippen molar-refractivity contribution in [2.75, 3.05) is 5.32 Å². The number of fused-ring (bicyclic) bond motifs is 1. The largest absolute Gasteiger partial charge is 0.380 e. The van der Waals surface area contributed by atoms with Crippen LogP contribution in [0.5, 0.6) is 0 Å². The molecule has 2 aromatic rings. The highest BCUT2D eigenvalue weighted by Gasteiger charge is 2.22. The van der Waals surface area contributed by atoms with Gasteiger partial charge in [-0.15, -0.1) is 0 Å². The zero-order valence-corrected chi connectivity index (χ0v) is 11.5. The van der Waals surface area contributed by atoms with E-state index >= 15 is 0 Å². The molecule has 1 fully saturated rings. The Labute approximate surface area is 116 Å². The summed E-state index contributed by atoms with van der Waals surface area (Å²) in [7, 11) is 0. The van der Waals surface area contributed by atoms with E-state index in [4.69, 9.17) is 0 Å². The van der Waals surface area contributed by atoms with Crippen LogP contribution in [-0.2, 0) is 0 Å². The molecule has 0 saturated heterocycles. The summed E-state index contributed by atoms with van der Waals surface area (Å²) in [5.41, 5.74) is 1.76. The van der Waals surface area contributed by atoms with Crippen molar-refractivity contribution in [3.05, 3.63) is 34.6 Å². The Balaban J connectivity index is 1.92. The maximum Gasteiger partial charge on any atom is 0.289 e. The van der Waals surface area contributed by atoms with Crippen molar-refractivity contribution in [2.45, 2.75) is 38.6 Å². The van der Waals surface area contributed by atoms with Gasteiger partial charge < -0.3 is 5.32 Å². The summed E-state index contributed by atoms with van der Waals surface area (Å²) in [6.07, 6.45) is 8.04. The van der Waals surface area contributed by atoms with Gasteiger partial charge >= 0.3 is 0 Å². The first-order valence-corrected chi connectivity index (χ1v) is 7.03. The molecule has 0 unspecified atom stereocenters. The third-order valence-electron chi connectivity index (χ3n) is 4.16. The summed E-state index contributed by atoms with van der Waals surface area (Å²) in [5, 5.41) is 18.5. The van der Waals surface area contributed by atoms with Gasteiger partial charge in [-0.1, -0.05) is 19.8 Å². The van der Waals surface area contributed by atoms with E-state index in [0.717, 1.165) is 17.6 Å². The zero-order chi connectivity index (χ0) is 14.1. The molecule has 106 valence electrons. The van der Waals surface area contributed by atoms with Gasteiger partial charge in [-0.25, -0.2) is 4.52 Å². The quantitative estimate of drug-likeness (QED) is 0.689. The van der Waals surface area contributed by atoms with E-state index < -0.39 is 0 Å². The number of nitrogens with one attached hydrogen (secondary N) is 1. The molecule has 0 radical (unpaired) electrons. The molecule has 20 heavy (non-hydrogen) atoms. The van der Waals surface area contributed by atoms with Crippen molar-refractivity contribution in [1.29, 1.82) is 0 Å². The summed E-state index contributed by atoms with van der Waals surface area (Å²) in [6, 6.07) is 3.90. The predicted octanol–water partition coefficient (Wildman–Crippen LogP) is 3.23. The summed E-state index contributed by atoms with van der Waals surface area (Å²) in [4.78, 5) is 10.5. The molecule has 0 aromatic carbocycles. The summed E-state index contributed by atoms with van der Waals surface area (Å²) in [5.74, 6) is 0.627. The van der Waals surface area contributed by atoms with Crippen LogP contribution in [0.4, 0.5) is 11.4 Å². The van der Waals surface area contributed by atoms with Crippen molar-refractivity contribution in [2.24, 2.45) is 5.92 Å². The molecule has 0 aliphatic heterocycles. The summed E-state index contributed by atoms with van der Waals surface area (Å²) >= 11 is 0. The molecule has 1 aliphatic carbocycles. The van der Waals surface area contributed by atoms with E-state index in [1.54, 1.807) is 16.8 Å². The molecule has 6 heteroatoms. The van der Waals surface area contributed by atoms with E-state index in [2.05, 4.69) is 17.3 Å². The number of anilines is 1. The maximum atomic E-state index is 10.9. The van der Waals surface area contributed by atoms with Gasteiger partial charge in [-0.2, -0.15) is 5.10 Å². The van der Waals surface area contributed by atoms with Gasteiger partial charge in [-0.3, -0.25) is 10.1 Å².